The number of benzene rings is 7. The Morgan fingerprint density at radius 3 is 1.77 bits per heavy atom. The van der Waals surface area contributed by atoms with Gasteiger partial charge in [0.25, 0.3) is 0 Å². The van der Waals surface area contributed by atoms with Crippen molar-refractivity contribution < 1.29 is 0 Å². The Bertz CT molecular complexity index is 2760. The standard InChI is InChI=1S/C44H26N4/c1-46-37-20-12-13-30(28-45)42(37)44-33(24-26-41-43(44)35-19-9-11-22-39(35)48(41)32-16-6-3-7-17-32)29-23-25-40-36(27-29)34-18-8-10-21-38(34)47(40)31-14-4-2-5-15-31/h2-27H. The molecule has 0 bridgehead atoms. The van der Waals surface area contributed by atoms with Crippen molar-refractivity contribution in [3.8, 4) is 39.7 Å². The number of para-hydroxylation sites is 4. The number of rotatable bonds is 4. The van der Waals surface area contributed by atoms with Crippen molar-refractivity contribution in [3.05, 3.63) is 175 Å². The first-order chi connectivity index (χ1) is 23.8. The lowest BCUT2D eigenvalue weighted by atomic mass is 9.87. The third kappa shape index (κ3) is 4.01. The maximum absolute atomic E-state index is 10.4. The zero-order valence-corrected chi connectivity index (χ0v) is 25.8. The summed E-state index contributed by atoms with van der Waals surface area (Å²) in [6.07, 6.45) is 0. The lowest BCUT2D eigenvalue weighted by Gasteiger charge is -2.17. The van der Waals surface area contributed by atoms with Crippen LogP contribution in [0.25, 0.3) is 82.1 Å². The molecule has 4 nitrogen and oxygen atoms in total. The van der Waals surface area contributed by atoms with E-state index in [1.54, 1.807) is 6.07 Å². The summed E-state index contributed by atoms with van der Waals surface area (Å²) < 4.78 is 4.59. The summed E-state index contributed by atoms with van der Waals surface area (Å²) in [6, 6.07) is 56.6. The van der Waals surface area contributed by atoms with E-state index < -0.39 is 0 Å². The highest BCUT2D eigenvalue weighted by Crippen LogP contribution is 2.48. The Kier molecular flexibility index (Phi) is 6.22. The third-order valence-corrected chi connectivity index (χ3v) is 9.38. The molecule has 0 unspecified atom stereocenters. The van der Waals surface area contributed by atoms with Crippen LogP contribution in [0.2, 0.25) is 0 Å². The molecule has 9 aromatic rings. The highest BCUT2D eigenvalue weighted by atomic mass is 15.0. The van der Waals surface area contributed by atoms with Gasteiger partial charge < -0.3 is 9.13 Å². The molecule has 0 saturated heterocycles. The van der Waals surface area contributed by atoms with Gasteiger partial charge in [-0.1, -0.05) is 97.1 Å². The Hall–Kier alpha value is -6.88. The van der Waals surface area contributed by atoms with E-state index in [9.17, 15) is 5.26 Å². The summed E-state index contributed by atoms with van der Waals surface area (Å²) in [5.74, 6) is 0. The minimum absolute atomic E-state index is 0.459. The molecular formula is C44H26N4. The van der Waals surface area contributed by atoms with Crippen molar-refractivity contribution in [2.75, 3.05) is 0 Å². The second-order valence-corrected chi connectivity index (χ2v) is 11.9. The average molecular weight is 611 g/mol. The summed E-state index contributed by atoms with van der Waals surface area (Å²) in [4.78, 5) is 3.96. The van der Waals surface area contributed by atoms with E-state index in [0.29, 0.717) is 16.8 Å². The maximum Gasteiger partial charge on any atom is 0.196 e. The lowest BCUT2D eigenvalue weighted by Crippen LogP contribution is -1.95. The smallest absolute Gasteiger partial charge is 0.196 e. The number of aromatic nitrogens is 2. The van der Waals surface area contributed by atoms with Crippen LogP contribution in [0.3, 0.4) is 0 Å². The zero-order valence-electron chi connectivity index (χ0n) is 25.8. The monoisotopic (exact) mass is 610 g/mol. The normalized spacial score (nSPS) is 11.3. The van der Waals surface area contributed by atoms with E-state index in [1.165, 1.54) is 5.39 Å². The van der Waals surface area contributed by atoms with Crippen molar-refractivity contribution in [1.29, 1.82) is 5.26 Å². The molecule has 0 fully saturated rings. The zero-order chi connectivity index (χ0) is 32.2. The summed E-state index contributed by atoms with van der Waals surface area (Å²) in [6.45, 7) is 8.18. The molecule has 2 aromatic heterocycles. The Balaban J connectivity index is 1.43. The van der Waals surface area contributed by atoms with Crippen LogP contribution in [0.4, 0.5) is 5.69 Å². The SMILES string of the molecule is [C-]#[N+]c1cccc(C#N)c1-c1c(-c2ccc3c(c2)c2ccccc2n3-c2ccccc2)ccc2c1c1ccccc1n2-c1ccccc1. The quantitative estimate of drug-likeness (QED) is 0.183. The van der Waals surface area contributed by atoms with Crippen molar-refractivity contribution >= 4 is 49.3 Å². The minimum atomic E-state index is 0.459. The van der Waals surface area contributed by atoms with Crippen LogP contribution < -0.4 is 0 Å². The van der Waals surface area contributed by atoms with Gasteiger partial charge in [0, 0.05) is 44.0 Å². The molecule has 0 saturated carbocycles. The second kappa shape index (κ2) is 10.9. The van der Waals surface area contributed by atoms with Crippen molar-refractivity contribution in [2.45, 2.75) is 0 Å². The molecule has 7 aromatic carbocycles. The Morgan fingerprint density at radius 1 is 0.500 bits per heavy atom. The van der Waals surface area contributed by atoms with Crippen molar-refractivity contribution in [3.63, 3.8) is 0 Å². The first-order valence-corrected chi connectivity index (χ1v) is 15.9. The van der Waals surface area contributed by atoms with E-state index in [4.69, 9.17) is 6.57 Å². The van der Waals surface area contributed by atoms with Gasteiger partial charge in [-0.15, -0.1) is 0 Å². The van der Waals surface area contributed by atoms with Gasteiger partial charge in [-0.25, -0.2) is 4.85 Å². The molecule has 0 amide bonds. The largest absolute Gasteiger partial charge is 0.309 e. The van der Waals surface area contributed by atoms with Crippen LogP contribution in [0.15, 0.2) is 158 Å². The van der Waals surface area contributed by atoms with Crippen LogP contribution >= 0.6 is 0 Å². The molecule has 0 aliphatic carbocycles. The van der Waals surface area contributed by atoms with Crippen LogP contribution in [-0.2, 0) is 0 Å². The third-order valence-electron chi connectivity index (χ3n) is 9.38. The summed E-state index contributed by atoms with van der Waals surface area (Å²) in [5, 5.41) is 14.8. The van der Waals surface area contributed by atoms with Gasteiger partial charge >= 0.3 is 0 Å². The van der Waals surface area contributed by atoms with Crippen molar-refractivity contribution in [2.24, 2.45) is 0 Å². The van der Waals surface area contributed by atoms with Gasteiger partial charge in [-0.05, 0) is 77.4 Å². The summed E-state index contributed by atoms with van der Waals surface area (Å²) in [5.41, 5.74) is 11.0. The second-order valence-electron chi connectivity index (χ2n) is 11.9. The predicted molar refractivity (Wildman–Crippen MR) is 197 cm³/mol. The Labute approximate surface area is 277 Å². The fraction of sp³-hybridized carbons (Fsp3) is 0. The van der Waals surface area contributed by atoms with Crippen LogP contribution in [0.5, 0.6) is 0 Å². The minimum Gasteiger partial charge on any atom is -0.309 e. The lowest BCUT2D eigenvalue weighted by molar-refractivity contribution is 1.18. The molecule has 48 heavy (non-hydrogen) atoms. The van der Waals surface area contributed by atoms with E-state index in [2.05, 4.69) is 135 Å². The van der Waals surface area contributed by atoms with Gasteiger partial charge in [0.05, 0.1) is 34.7 Å². The number of hydrogen-bond acceptors (Lipinski definition) is 1. The van der Waals surface area contributed by atoms with E-state index in [-0.39, 0.29) is 0 Å². The molecule has 2 heterocycles. The van der Waals surface area contributed by atoms with Crippen molar-refractivity contribution in [1.82, 2.24) is 9.13 Å². The van der Waals surface area contributed by atoms with Crippen LogP contribution in [0, 0.1) is 17.9 Å². The average Bonchev–Trinajstić information content (AvgIpc) is 3.67. The van der Waals surface area contributed by atoms with E-state index in [0.717, 1.165) is 66.3 Å². The topological polar surface area (TPSA) is 38.0 Å². The molecule has 9 rings (SSSR count). The predicted octanol–water partition coefficient (Wildman–Crippen LogP) is 11.6. The molecule has 0 radical (unpaired) electrons. The number of nitriles is 1. The van der Waals surface area contributed by atoms with Gasteiger partial charge in [-0.2, -0.15) is 5.26 Å². The first-order valence-electron chi connectivity index (χ1n) is 15.9. The molecule has 0 atom stereocenters. The number of fused-ring (bicyclic) bond motifs is 6. The maximum atomic E-state index is 10.4. The fourth-order valence-corrected chi connectivity index (χ4v) is 7.40. The molecule has 222 valence electrons. The molecular weight excluding hydrogens is 585 g/mol. The van der Waals surface area contributed by atoms with Crippen LogP contribution in [-0.4, -0.2) is 9.13 Å². The highest BCUT2D eigenvalue weighted by molar-refractivity contribution is 6.21. The molecule has 0 spiro atoms. The van der Waals surface area contributed by atoms with Gasteiger partial charge in [0.15, 0.2) is 5.69 Å². The van der Waals surface area contributed by atoms with E-state index >= 15 is 0 Å². The Morgan fingerprint density at radius 2 is 1.08 bits per heavy atom. The van der Waals surface area contributed by atoms with Gasteiger partial charge in [0.1, 0.15) is 0 Å². The molecule has 4 heteroatoms. The molecule has 0 N–H and O–H groups in total. The molecule has 0 aliphatic rings. The summed E-state index contributed by atoms with van der Waals surface area (Å²) >= 11 is 0. The summed E-state index contributed by atoms with van der Waals surface area (Å²) in [7, 11) is 0. The van der Waals surface area contributed by atoms with Gasteiger partial charge in [-0.3, -0.25) is 0 Å². The molecule has 0 aliphatic heterocycles. The number of hydrogen-bond donors (Lipinski definition) is 0. The number of nitrogens with zero attached hydrogens (tertiary/aromatic N) is 4. The van der Waals surface area contributed by atoms with E-state index in [1.807, 2.05) is 36.4 Å². The van der Waals surface area contributed by atoms with Crippen LogP contribution in [0.1, 0.15) is 5.56 Å². The van der Waals surface area contributed by atoms with Gasteiger partial charge in [0.2, 0.25) is 0 Å². The highest BCUT2D eigenvalue weighted by Gasteiger charge is 2.24. The fourth-order valence-electron chi connectivity index (χ4n) is 7.40. The first kappa shape index (κ1) is 27.4.